The van der Waals surface area contributed by atoms with Gasteiger partial charge in [-0.3, -0.25) is 0 Å². The predicted molar refractivity (Wildman–Crippen MR) is 45.3 cm³/mol. The van der Waals surface area contributed by atoms with Crippen LogP contribution in [0, 0.1) is 0 Å². The first-order valence-electron chi connectivity index (χ1n) is 3.73. The summed E-state index contributed by atoms with van der Waals surface area (Å²) in [6.07, 6.45) is 3.36. The van der Waals surface area contributed by atoms with Crippen molar-refractivity contribution in [3.05, 3.63) is 12.7 Å². The van der Waals surface area contributed by atoms with Crippen molar-refractivity contribution in [1.82, 2.24) is 0 Å². The van der Waals surface area contributed by atoms with Crippen LogP contribution < -0.4 is 0 Å². The number of hydrogen-bond acceptors (Lipinski definition) is 3. The van der Waals surface area contributed by atoms with Gasteiger partial charge in [0.1, 0.15) is 6.10 Å². The summed E-state index contributed by atoms with van der Waals surface area (Å²) in [7, 11) is 0. The number of allylic oxidation sites excluding steroid dienone is 1. The Kier molecular flexibility index (Phi) is 14.8. The summed E-state index contributed by atoms with van der Waals surface area (Å²) in [5, 5.41) is 24.0. The van der Waals surface area contributed by atoms with E-state index in [4.69, 9.17) is 15.3 Å². The molecule has 0 aromatic rings. The quantitative estimate of drug-likeness (QED) is 0.521. The topological polar surface area (TPSA) is 60.7 Å². The van der Waals surface area contributed by atoms with Crippen molar-refractivity contribution < 1.29 is 15.3 Å². The molecular formula is C8H18O3. The van der Waals surface area contributed by atoms with E-state index in [0.717, 1.165) is 6.42 Å². The van der Waals surface area contributed by atoms with Crippen LogP contribution in [0.5, 0.6) is 0 Å². The number of aliphatic hydroxyl groups is 3. The van der Waals surface area contributed by atoms with Crippen molar-refractivity contribution in [3.63, 3.8) is 0 Å². The molecule has 0 saturated carbocycles. The van der Waals surface area contributed by atoms with Crippen LogP contribution in [0.1, 0.15) is 19.8 Å². The molecule has 0 fully saturated rings. The monoisotopic (exact) mass is 162 g/mol. The van der Waals surface area contributed by atoms with E-state index in [1.165, 1.54) is 6.42 Å². The molecule has 0 aromatic heterocycles. The van der Waals surface area contributed by atoms with Gasteiger partial charge < -0.3 is 15.3 Å². The molecule has 0 saturated heterocycles. The molecule has 0 aliphatic rings. The molecule has 0 aromatic carbocycles. The Morgan fingerprint density at radius 3 is 1.82 bits per heavy atom. The van der Waals surface area contributed by atoms with E-state index in [9.17, 15) is 0 Å². The van der Waals surface area contributed by atoms with Crippen LogP contribution >= 0.6 is 0 Å². The van der Waals surface area contributed by atoms with Gasteiger partial charge in [0.15, 0.2) is 0 Å². The largest absolute Gasteiger partial charge is 0.394 e. The third-order valence-electron chi connectivity index (χ3n) is 0.914. The third kappa shape index (κ3) is 17.7. The van der Waals surface area contributed by atoms with Crippen molar-refractivity contribution in [2.24, 2.45) is 0 Å². The van der Waals surface area contributed by atoms with E-state index in [2.05, 4.69) is 13.5 Å². The first-order valence-corrected chi connectivity index (χ1v) is 3.73. The van der Waals surface area contributed by atoms with E-state index < -0.39 is 6.10 Å². The summed E-state index contributed by atoms with van der Waals surface area (Å²) >= 11 is 0. The number of aliphatic hydroxyl groups excluding tert-OH is 3. The zero-order chi connectivity index (χ0) is 9.11. The van der Waals surface area contributed by atoms with E-state index in [1.54, 1.807) is 0 Å². The van der Waals surface area contributed by atoms with Crippen LogP contribution in [0.15, 0.2) is 12.7 Å². The first kappa shape index (κ1) is 13.2. The van der Waals surface area contributed by atoms with Crippen LogP contribution in [0.3, 0.4) is 0 Å². The number of unbranched alkanes of at least 4 members (excludes halogenated alkanes) is 1. The average molecular weight is 162 g/mol. The van der Waals surface area contributed by atoms with Crippen molar-refractivity contribution in [2.45, 2.75) is 25.9 Å². The Balaban J connectivity index is 0. The molecule has 3 nitrogen and oxygen atoms in total. The molecule has 0 atom stereocenters. The Morgan fingerprint density at radius 2 is 1.82 bits per heavy atom. The Bertz CT molecular complexity index is 69.7. The fourth-order valence-electron chi connectivity index (χ4n) is 0.262. The third-order valence-corrected chi connectivity index (χ3v) is 0.914. The summed E-state index contributed by atoms with van der Waals surface area (Å²) in [5.41, 5.74) is 0. The fraction of sp³-hybridized carbons (Fsp3) is 0.750. The molecule has 0 rings (SSSR count). The second kappa shape index (κ2) is 12.3. The van der Waals surface area contributed by atoms with Crippen LogP contribution in [-0.2, 0) is 0 Å². The zero-order valence-corrected chi connectivity index (χ0v) is 7.03. The lowest BCUT2D eigenvalue weighted by Gasteiger charge is -1.96. The highest BCUT2D eigenvalue weighted by molar-refractivity contribution is 4.63. The highest BCUT2D eigenvalue weighted by Crippen LogP contribution is 1.82. The standard InChI is InChI=1S/C5H10.C3H8O3/c1-3-5-4-2;4-1-3(6)2-5/h3H,1,4-5H2,2H3;3-6H,1-2H2. The summed E-state index contributed by atoms with van der Waals surface area (Å²) in [5.74, 6) is 0. The molecule has 0 spiro atoms. The smallest absolute Gasteiger partial charge is 0.100 e. The molecule has 0 heterocycles. The molecule has 0 bridgehead atoms. The van der Waals surface area contributed by atoms with Gasteiger partial charge in [-0.25, -0.2) is 0 Å². The van der Waals surface area contributed by atoms with E-state index >= 15 is 0 Å². The molecule has 3 heteroatoms. The minimum Gasteiger partial charge on any atom is -0.394 e. The molecule has 0 unspecified atom stereocenters. The molecule has 3 N–H and O–H groups in total. The van der Waals surface area contributed by atoms with Crippen molar-refractivity contribution >= 4 is 0 Å². The summed E-state index contributed by atoms with van der Waals surface area (Å²) in [4.78, 5) is 0. The van der Waals surface area contributed by atoms with Gasteiger partial charge in [-0.1, -0.05) is 19.4 Å². The maximum Gasteiger partial charge on any atom is 0.100 e. The van der Waals surface area contributed by atoms with Gasteiger partial charge in [0, 0.05) is 0 Å². The Morgan fingerprint density at radius 1 is 1.36 bits per heavy atom. The van der Waals surface area contributed by atoms with E-state index in [0.29, 0.717) is 0 Å². The van der Waals surface area contributed by atoms with Gasteiger partial charge in [0.25, 0.3) is 0 Å². The number of rotatable bonds is 4. The Labute approximate surface area is 68.0 Å². The van der Waals surface area contributed by atoms with Crippen molar-refractivity contribution in [1.29, 1.82) is 0 Å². The molecule has 0 aliphatic heterocycles. The summed E-state index contributed by atoms with van der Waals surface area (Å²) < 4.78 is 0. The Hall–Kier alpha value is -0.380. The average Bonchev–Trinajstić information content (AvgIpc) is 2.06. The van der Waals surface area contributed by atoms with E-state index in [1.807, 2.05) is 6.08 Å². The normalized spacial score (nSPS) is 8.82. The maximum atomic E-state index is 8.17. The predicted octanol–water partition coefficient (Wildman–Crippen LogP) is 0.304. The summed E-state index contributed by atoms with van der Waals surface area (Å²) in [6, 6.07) is 0. The van der Waals surface area contributed by atoms with Gasteiger partial charge in [0.05, 0.1) is 13.2 Å². The van der Waals surface area contributed by atoms with Crippen LogP contribution in [-0.4, -0.2) is 34.6 Å². The lowest BCUT2D eigenvalue weighted by molar-refractivity contribution is 0.0450. The molecular weight excluding hydrogens is 144 g/mol. The lowest BCUT2D eigenvalue weighted by atomic mass is 10.3. The SMILES string of the molecule is C=CCCC.OCC(O)CO. The highest BCUT2D eigenvalue weighted by atomic mass is 16.3. The first-order chi connectivity index (χ1) is 5.22. The number of hydrogen-bond donors (Lipinski definition) is 3. The van der Waals surface area contributed by atoms with Gasteiger partial charge in [-0.05, 0) is 6.42 Å². The zero-order valence-electron chi connectivity index (χ0n) is 7.03. The second-order valence-corrected chi connectivity index (χ2v) is 2.10. The van der Waals surface area contributed by atoms with Crippen LogP contribution in [0.4, 0.5) is 0 Å². The van der Waals surface area contributed by atoms with Crippen molar-refractivity contribution in [2.75, 3.05) is 13.2 Å². The minimum atomic E-state index is -0.954. The summed E-state index contributed by atoms with van der Waals surface area (Å²) in [6.45, 7) is 4.96. The van der Waals surface area contributed by atoms with Crippen LogP contribution in [0.25, 0.3) is 0 Å². The molecule has 68 valence electrons. The fourth-order valence-corrected chi connectivity index (χ4v) is 0.262. The van der Waals surface area contributed by atoms with Gasteiger partial charge >= 0.3 is 0 Å². The second-order valence-electron chi connectivity index (χ2n) is 2.10. The van der Waals surface area contributed by atoms with Gasteiger partial charge in [-0.2, -0.15) is 0 Å². The minimum absolute atomic E-state index is 0.365. The van der Waals surface area contributed by atoms with Gasteiger partial charge in [-0.15, -0.1) is 6.58 Å². The van der Waals surface area contributed by atoms with Crippen molar-refractivity contribution in [3.8, 4) is 0 Å². The lowest BCUT2D eigenvalue weighted by Crippen LogP contribution is -2.15. The highest BCUT2D eigenvalue weighted by Gasteiger charge is 1.93. The van der Waals surface area contributed by atoms with Gasteiger partial charge in [0.2, 0.25) is 0 Å². The van der Waals surface area contributed by atoms with E-state index in [-0.39, 0.29) is 13.2 Å². The molecule has 0 amide bonds. The maximum absolute atomic E-state index is 8.17. The van der Waals surface area contributed by atoms with Crippen LogP contribution in [0.2, 0.25) is 0 Å². The molecule has 11 heavy (non-hydrogen) atoms. The molecule has 0 radical (unpaired) electrons. The molecule has 0 aliphatic carbocycles.